The summed E-state index contributed by atoms with van der Waals surface area (Å²) in [4.78, 5) is 12.3. The molecule has 1 aromatic heterocycles. The number of ether oxygens (including phenoxy) is 1. The maximum absolute atomic E-state index is 11.6. The van der Waals surface area contributed by atoms with Crippen molar-refractivity contribution in [1.29, 1.82) is 0 Å². The van der Waals surface area contributed by atoms with E-state index in [1.54, 1.807) is 25.0 Å². The van der Waals surface area contributed by atoms with Gasteiger partial charge in [0.25, 0.3) is 5.56 Å². The van der Waals surface area contributed by atoms with Crippen molar-refractivity contribution in [3.05, 3.63) is 21.6 Å². The Hall–Kier alpha value is -0.520. The third-order valence-electron chi connectivity index (χ3n) is 2.63. The van der Waals surface area contributed by atoms with E-state index >= 15 is 0 Å². The molecule has 1 aliphatic rings. The van der Waals surface area contributed by atoms with Gasteiger partial charge in [0.1, 0.15) is 5.02 Å². The minimum Gasteiger partial charge on any atom is -0.377 e. The molecule has 0 radical (unpaired) electrons. The molecule has 0 bridgehead atoms. The standard InChI is InChI=1S/C10H13ClN2O2S/c1-6-7(3-4-15-6)16-8-5-12-13(2)10(14)9(8)11/h5-7H,3-4H2,1-2H3/t6-,7+/m1/s1. The van der Waals surface area contributed by atoms with Crippen LogP contribution in [0, 0.1) is 0 Å². The third kappa shape index (κ3) is 2.26. The molecular formula is C10H13ClN2O2S. The van der Waals surface area contributed by atoms with Crippen LogP contribution in [0.3, 0.4) is 0 Å². The van der Waals surface area contributed by atoms with E-state index in [4.69, 9.17) is 16.3 Å². The Morgan fingerprint density at radius 2 is 2.44 bits per heavy atom. The molecule has 88 valence electrons. The predicted octanol–water partition coefficient (Wildman–Crippen LogP) is 1.70. The van der Waals surface area contributed by atoms with Gasteiger partial charge in [0.15, 0.2) is 0 Å². The molecule has 1 fully saturated rings. The molecule has 2 heterocycles. The number of rotatable bonds is 2. The second-order valence-corrected chi connectivity index (χ2v) is 5.43. The maximum atomic E-state index is 11.6. The molecule has 16 heavy (non-hydrogen) atoms. The lowest BCUT2D eigenvalue weighted by molar-refractivity contribution is 0.127. The Bertz CT molecular complexity index is 449. The highest BCUT2D eigenvalue weighted by Gasteiger charge is 2.26. The van der Waals surface area contributed by atoms with Crippen LogP contribution in [-0.2, 0) is 11.8 Å². The number of hydrogen-bond donors (Lipinski definition) is 0. The largest absolute Gasteiger partial charge is 0.377 e. The zero-order valence-electron chi connectivity index (χ0n) is 9.14. The van der Waals surface area contributed by atoms with Crippen LogP contribution < -0.4 is 5.56 Å². The highest BCUT2D eigenvalue weighted by Crippen LogP contribution is 2.34. The fourth-order valence-corrected chi connectivity index (χ4v) is 3.02. The zero-order chi connectivity index (χ0) is 11.7. The van der Waals surface area contributed by atoms with Crippen LogP contribution in [0.5, 0.6) is 0 Å². The van der Waals surface area contributed by atoms with Crippen molar-refractivity contribution in [3.63, 3.8) is 0 Å². The van der Waals surface area contributed by atoms with Gasteiger partial charge in [0, 0.05) is 18.9 Å². The van der Waals surface area contributed by atoms with E-state index in [1.807, 2.05) is 6.92 Å². The van der Waals surface area contributed by atoms with Crippen LogP contribution in [0.1, 0.15) is 13.3 Å². The molecule has 0 amide bonds. The van der Waals surface area contributed by atoms with Gasteiger partial charge in [-0.2, -0.15) is 5.10 Å². The number of halogens is 1. The van der Waals surface area contributed by atoms with Crippen LogP contribution in [0.15, 0.2) is 15.9 Å². The van der Waals surface area contributed by atoms with Crippen molar-refractivity contribution in [3.8, 4) is 0 Å². The summed E-state index contributed by atoms with van der Waals surface area (Å²) in [6, 6.07) is 0. The maximum Gasteiger partial charge on any atom is 0.286 e. The topological polar surface area (TPSA) is 44.1 Å². The summed E-state index contributed by atoms with van der Waals surface area (Å²) in [5.74, 6) is 0. The molecule has 1 aromatic rings. The van der Waals surface area contributed by atoms with Gasteiger partial charge in [-0.1, -0.05) is 11.6 Å². The number of thioether (sulfide) groups is 1. The molecular weight excluding hydrogens is 248 g/mol. The molecule has 2 atom stereocenters. The van der Waals surface area contributed by atoms with Gasteiger partial charge in [-0.15, -0.1) is 11.8 Å². The molecule has 0 aliphatic carbocycles. The summed E-state index contributed by atoms with van der Waals surface area (Å²) in [5, 5.41) is 4.57. The lowest BCUT2D eigenvalue weighted by Crippen LogP contribution is -2.21. The lowest BCUT2D eigenvalue weighted by atomic mass is 10.3. The first kappa shape index (κ1) is 12.0. The lowest BCUT2D eigenvalue weighted by Gasteiger charge is -2.13. The molecule has 0 N–H and O–H groups in total. The van der Waals surface area contributed by atoms with Gasteiger partial charge < -0.3 is 4.74 Å². The van der Waals surface area contributed by atoms with Gasteiger partial charge in [-0.25, -0.2) is 4.68 Å². The smallest absolute Gasteiger partial charge is 0.286 e. The van der Waals surface area contributed by atoms with Crippen molar-refractivity contribution in [2.24, 2.45) is 7.05 Å². The van der Waals surface area contributed by atoms with Crippen molar-refractivity contribution < 1.29 is 4.74 Å². The number of aromatic nitrogens is 2. The quantitative estimate of drug-likeness (QED) is 0.812. The van der Waals surface area contributed by atoms with Gasteiger partial charge in [0.2, 0.25) is 0 Å². The van der Waals surface area contributed by atoms with Crippen LogP contribution in [0.2, 0.25) is 5.02 Å². The van der Waals surface area contributed by atoms with E-state index in [2.05, 4.69) is 5.10 Å². The highest BCUT2D eigenvalue weighted by molar-refractivity contribution is 8.00. The number of aryl methyl sites for hydroxylation is 1. The molecule has 1 saturated heterocycles. The van der Waals surface area contributed by atoms with E-state index in [0.717, 1.165) is 17.9 Å². The van der Waals surface area contributed by atoms with Crippen molar-refractivity contribution in [2.75, 3.05) is 6.61 Å². The van der Waals surface area contributed by atoms with E-state index in [1.165, 1.54) is 4.68 Å². The Labute approximate surface area is 103 Å². The molecule has 2 rings (SSSR count). The second kappa shape index (κ2) is 4.77. The molecule has 0 spiro atoms. The van der Waals surface area contributed by atoms with E-state index in [9.17, 15) is 4.79 Å². The molecule has 6 heteroatoms. The molecule has 0 aromatic carbocycles. The molecule has 4 nitrogen and oxygen atoms in total. The average molecular weight is 261 g/mol. The minimum atomic E-state index is -0.252. The van der Waals surface area contributed by atoms with Crippen molar-refractivity contribution in [2.45, 2.75) is 29.6 Å². The second-order valence-electron chi connectivity index (χ2n) is 3.77. The first-order valence-corrected chi connectivity index (χ1v) is 6.35. The summed E-state index contributed by atoms with van der Waals surface area (Å²) in [6.07, 6.45) is 2.82. The Morgan fingerprint density at radius 3 is 3.06 bits per heavy atom. The number of nitrogens with zero attached hydrogens (tertiary/aromatic N) is 2. The fraction of sp³-hybridized carbons (Fsp3) is 0.600. The Balaban J connectivity index is 2.22. The summed E-state index contributed by atoms with van der Waals surface area (Å²) in [7, 11) is 1.59. The Morgan fingerprint density at radius 1 is 1.69 bits per heavy atom. The molecule has 0 unspecified atom stereocenters. The van der Waals surface area contributed by atoms with E-state index < -0.39 is 0 Å². The van der Waals surface area contributed by atoms with Gasteiger partial charge >= 0.3 is 0 Å². The summed E-state index contributed by atoms with van der Waals surface area (Å²) >= 11 is 7.57. The van der Waals surface area contributed by atoms with Crippen LogP contribution in [0.25, 0.3) is 0 Å². The van der Waals surface area contributed by atoms with E-state index in [-0.39, 0.29) is 16.7 Å². The summed E-state index contributed by atoms with van der Waals surface area (Å²) in [5.41, 5.74) is -0.252. The molecule has 1 aliphatic heterocycles. The molecule has 0 saturated carbocycles. The van der Waals surface area contributed by atoms with Gasteiger partial charge in [-0.3, -0.25) is 4.79 Å². The zero-order valence-corrected chi connectivity index (χ0v) is 10.7. The SMILES string of the molecule is C[C@H]1OCC[C@@H]1Sc1cnn(C)c(=O)c1Cl. The van der Waals surface area contributed by atoms with Crippen LogP contribution in [0.4, 0.5) is 0 Å². The monoisotopic (exact) mass is 260 g/mol. The Kier molecular flexibility index (Phi) is 3.56. The summed E-state index contributed by atoms with van der Waals surface area (Å²) in [6.45, 7) is 2.81. The normalized spacial score (nSPS) is 24.9. The number of hydrogen-bond acceptors (Lipinski definition) is 4. The summed E-state index contributed by atoms with van der Waals surface area (Å²) < 4.78 is 6.70. The van der Waals surface area contributed by atoms with E-state index in [0.29, 0.717) is 5.25 Å². The van der Waals surface area contributed by atoms with Gasteiger partial charge in [-0.05, 0) is 13.3 Å². The first-order valence-electron chi connectivity index (χ1n) is 5.09. The third-order valence-corrected chi connectivity index (χ3v) is 4.59. The first-order chi connectivity index (χ1) is 7.59. The highest BCUT2D eigenvalue weighted by atomic mass is 35.5. The van der Waals surface area contributed by atoms with Crippen molar-refractivity contribution >= 4 is 23.4 Å². The minimum absolute atomic E-state index is 0.199. The van der Waals surface area contributed by atoms with Crippen LogP contribution in [-0.4, -0.2) is 27.7 Å². The van der Waals surface area contributed by atoms with Crippen molar-refractivity contribution in [1.82, 2.24) is 9.78 Å². The van der Waals surface area contributed by atoms with Crippen LogP contribution >= 0.6 is 23.4 Å². The van der Waals surface area contributed by atoms with Gasteiger partial charge in [0.05, 0.1) is 17.2 Å². The average Bonchev–Trinajstić information content (AvgIpc) is 2.65. The fourth-order valence-electron chi connectivity index (χ4n) is 1.61. The predicted molar refractivity (Wildman–Crippen MR) is 64.2 cm³/mol.